The number of anilines is 1. The molecule has 3 aliphatic rings. The van der Waals surface area contributed by atoms with Gasteiger partial charge in [-0.25, -0.2) is 4.68 Å². The Morgan fingerprint density at radius 3 is 2.40 bits per heavy atom. The van der Waals surface area contributed by atoms with Crippen LogP contribution in [0.5, 0.6) is 0 Å². The third-order valence-electron chi connectivity index (χ3n) is 5.47. The van der Waals surface area contributed by atoms with Crippen LogP contribution in [0.15, 0.2) is 0 Å². The van der Waals surface area contributed by atoms with Crippen molar-refractivity contribution in [2.75, 3.05) is 57.8 Å². The minimum atomic E-state index is -0.193. The summed E-state index contributed by atoms with van der Waals surface area (Å²) in [5, 5.41) is 11.5. The van der Waals surface area contributed by atoms with Crippen molar-refractivity contribution in [1.82, 2.24) is 34.9 Å². The number of likely N-dealkylation sites (N-methyl/N-ethyl adjacent to an activating group) is 1. The van der Waals surface area contributed by atoms with Crippen LogP contribution in [-0.2, 0) is 16.6 Å². The van der Waals surface area contributed by atoms with Crippen LogP contribution in [0.2, 0.25) is 0 Å². The molecule has 0 N–H and O–H groups in total. The number of amides is 2. The zero-order chi connectivity index (χ0) is 17.6. The highest BCUT2D eigenvalue weighted by Crippen LogP contribution is 2.26. The van der Waals surface area contributed by atoms with Crippen molar-refractivity contribution in [2.45, 2.75) is 12.5 Å². The first-order valence-corrected chi connectivity index (χ1v) is 8.77. The van der Waals surface area contributed by atoms with Gasteiger partial charge in [0.15, 0.2) is 0 Å². The van der Waals surface area contributed by atoms with Crippen LogP contribution in [0.25, 0.3) is 0 Å². The lowest BCUT2D eigenvalue weighted by Gasteiger charge is -2.42. The number of carbonyl (C=O) groups is 2. The SMILES string of the molecule is CN1CC(N2CC(C(=O)N3CCN(c4nnnn4C)CC3)CC2=O)C1. The van der Waals surface area contributed by atoms with Gasteiger partial charge >= 0.3 is 0 Å². The Labute approximate surface area is 146 Å². The van der Waals surface area contributed by atoms with Crippen LogP contribution in [0.4, 0.5) is 5.95 Å². The monoisotopic (exact) mass is 348 g/mol. The zero-order valence-corrected chi connectivity index (χ0v) is 14.7. The first-order valence-electron chi connectivity index (χ1n) is 8.77. The number of piperazine rings is 1. The second-order valence-electron chi connectivity index (χ2n) is 7.24. The maximum Gasteiger partial charge on any atom is 0.245 e. The van der Waals surface area contributed by atoms with Gasteiger partial charge in [0.25, 0.3) is 0 Å². The molecule has 0 spiro atoms. The maximum absolute atomic E-state index is 12.8. The van der Waals surface area contributed by atoms with Gasteiger partial charge in [-0.05, 0) is 17.5 Å². The van der Waals surface area contributed by atoms with Gasteiger partial charge in [-0.2, -0.15) is 0 Å². The summed E-state index contributed by atoms with van der Waals surface area (Å²) in [6.45, 7) is 5.10. The molecule has 2 amide bonds. The molecule has 0 saturated carbocycles. The van der Waals surface area contributed by atoms with Crippen LogP contribution in [0.3, 0.4) is 0 Å². The van der Waals surface area contributed by atoms with Crippen molar-refractivity contribution in [3.63, 3.8) is 0 Å². The van der Waals surface area contributed by atoms with Gasteiger partial charge in [-0.3, -0.25) is 9.59 Å². The standard InChI is InChI=1S/C15H24N8O2/c1-19-9-12(10-19)23-8-11(7-13(23)24)14(25)21-3-5-22(6-4-21)15-16-17-18-20(15)2/h11-12H,3-10H2,1-2H3. The molecule has 136 valence electrons. The van der Waals surface area contributed by atoms with Crippen molar-refractivity contribution in [3.8, 4) is 0 Å². The second kappa shape index (κ2) is 6.25. The Hall–Kier alpha value is -2.23. The molecule has 1 unspecified atom stereocenters. The molecule has 10 nitrogen and oxygen atoms in total. The van der Waals surface area contributed by atoms with Crippen LogP contribution in [-0.4, -0.2) is 106 Å². The van der Waals surface area contributed by atoms with E-state index in [4.69, 9.17) is 0 Å². The Kier molecular flexibility index (Phi) is 4.06. The summed E-state index contributed by atoms with van der Waals surface area (Å²) in [5.41, 5.74) is 0. The fraction of sp³-hybridized carbons (Fsp3) is 0.800. The average molecular weight is 348 g/mol. The molecule has 0 radical (unpaired) electrons. The number of aromatic nitrogens is 4. The van der Waals surface area contributed by atoms with E-state index in [2.05, 4.69) is 25.3 Å². The highest BCUT2D eigenvalue weighted by Gasteiger charge is 2.42. The van der Waals surface area contributed by atoms with E-state index in [1.54, 1.807) is 4.68 Å². The molecule has 0 bridgehead atoms. The number of likely N-dealkylation sites (tertiary alicyclic amines) is 2. The molecule has 4 rings (SSSR count). The Morgan fingerprint density at radius 1 is 1.08 bits per heavy atom. The summed E-state index contributed by atoms with van der Waals surface area (Å²) in [7, 11) is 3.86. The van der Waals surface area contributed by atoms with Gasteiger partial charge in [0.1, 0.15) is 0 Å². The number of nitrogens with zero attached hydrogens (tertiary/aromatic N) is 8. The predicted octanol–water partition coefficient (Wildman–Crippen LogP) is -1.98. The molecule has 1 aromatic rings. The largest absolute Gasteiger partial charge is 0.339 e. The summed E-state index contributed by atoms with van der Waals surface area (Å²) < 4.78 is 1.64. The predicted molar refractivity (Wildman–Crippen MR) is 88.7 cm³/mol. The molecule has 0 aliphatic carbocycles. The molecule has 25 heavy (non-hydrogen) atoms. The molecule has 10 heteroatoms. The third kappa shape index (κ3) is 2.94. The Morgan fingerprint density at radius 2 is 1.80 bits per heavy atom. The first kappa shape index (κ1) is 16.2. The van der Waals surface area contributed by atoms with Crippen molar-refractivity contribution in [3.05, 3.63) is 0 Å². The van der Waals surface area contributed by atoms with Crippen molar-refractivity contribution < 1.29 is 9.59 Å². The number of aryl methyl sites for hydroxylation is 1. The summed E-state index contributed by atoms with van der Waals surface area (Å²) >= 11 is 0. The van der Waals surface area contributed by atoms with E-state index in [0.717, 1.165) is 19.0 Å². The van der Waals surface area contributed by atoms with E-state index >= 15 is 0 Å². The van der Waals surface area contributed by atoms with E-state index in [0.29, 0.717) is 39.1 Å². The minimum absolute atomic E-state index is 0.110. The van der Waals surface area contributed by atoms with Gasteiger partial charge < -0.3 is 19.6 Å². The van der Waals surface area contributed by atoms with E-state index in [1.165, 1.54) is 0 Å². The Balaban J connectivity index is 1.32. The molecule has 4 heterocycles. The molecular weight excluding hydrogens is 324 g/mol. The average Bonchev–Trinajstić information content (AvgIpc) is 3.17. The van der Waals surface area contributed by atoms with Crippen LogP contribution < -0.4 is 4.90 Å². The topological polar surface area (TPSA) is 90.7 Å². The number of carbonyl (C=O) groups excluding carboxylic acids is 2. The lowest BCUT2D eigenvalue weighted by molar-refractivity contribution is -0.136. The number of hydrogen-bond donors (Lipinski definition) is 0. The molecular formula is C15H24N8O2. The van der Waals surface area contributed by atoms with Crippen molar-refractivity contribution in [1.29, 1.82) is 0 Å². The third-order valence-corrected chi connectivity index (χ3v) is 5.47. The molecule has 3 saturated heterocycles. The minimum Gasteiger partial charge on any atom is -0.339 e. The van der Waals surface area contributed by atoms with Gasteiger partial charge in [-0.15, -0.1) is 0 Å². The lowest BCUT2D eigenvalue weighted by Crippen LogP contribution is -2.58. The summed E-state index contributed by atoms with van der Waals surface area (Å²) in [6, 6.07) is 0.288. The highest BCUT2D eigenvalue weighted by molar-refractivity contribution is 5.89. The van der Waals surface area contributed by atoms with Crippen LogP contribution in [0.1, 0.15) is 6.42 Å². The second-order valence-corrected chi connectivity index (χ2v) is 7.24. The highest BCUT2D eigenvalue weighted by atomic mass is 16.2. The molecule has 3 aliphatic heterocycles. The normalized spacial score (nSPS) is 25.6. The molecule has 1 atom stereocenters. The van der Waals surface area contributed by atoms with E-state index in [1.807, 2.05) is 23.9 Å². The van der Waals surface area contributed by atoms with Gasteiger partial charge in [-0.1, -0.05) is 5.10 Å². The molecule has 0 aromatic carbocycles. The van der Waals surface area contributed by atoms with Crippen molar-refractivity contribution in [2.24, 2.45) is 13.0 Å². The van der Waals surface area contributed by atoms with Gasteiger partial charge in [0, 0.05) is 59.3 Å². The van der Waals surface area contributed by atoms with Gasteiger partial charge in [0.2, 0.25) is 17.8 Å². The smallest absolute Gasteiger partial charge is 0.245 e. The quantitative estimate of drug-likeness (QED) is 0.625. The van der Waals surface area contributed by atoms with Crippen LogP contribution in [0, 0.1) is 5.92 Å². The molecule has 3 fully saturated rings. The van der Waals surface area contributed by atoms with Gasteiger partial charge in [0.05, 0.1) is 12.0 Å². The number of tetrazole rings is 1. The zero-order valence-electron chi connectivity index (χ0n) is 14.7. The summed E-state index contributed by atoms with van der Waals surface area (Å²) in [6.07, 6.45) is 0.354. The summed E-state index contributed by atoms with van der Waals surface area (Å²) in [5.74, 6) is 0.768. The summed E-state index contributed by atoms with van der Waals surface area (Å²) in [4.78, 5) is 33.1. The fourth-order valence-electron chi connectivity index (χ4n) is 3.99. The van der Waals surface area contributed by atoms with Crippen LogP contribution >= 0.6 is 0 Å². The van der Waals surface area contributed by atoms with E-state index < -0.39 is 0 Å². The fourth-order valence-corrected chi connectivity index (χ4v) is 3.99. The number of rotatable bonds is 3. The van der Waals surface area contributed by atoms with E-state index in [-0.39, 0.29) is 23.8 Å². The van der Waals surface area contributed by atoms with Crippen molar-refractivity contribution >= 4 is 17.8 Å². The Bertz CT molecular complexity index is 662. The maximum atomic E-state index is 12.8. The lowest BCUT2D eigenvalue weighted by atomic mass is 10.1. The first-order chi connectivity index (χ1) is 12.0. The number of hydrogen-bond acceptors (Lipinski definition) is 7. The van der Waals surface area contributed by atoms with E-state index in [9.17, 15) is 9.59 Å². The molecule has 1 aromatic heterocycles.